The Morgan fingerprint density at radius 1 is 1.12 bits per heavy atom. The molecule has 0 saturated heterocycles. The summed E-state index contributed by atoms with van der Waals surface area (Å²) in [6.07, 6.45) is 5.86. The molecule has 0 bridgehead atoms. The van der Waals surface area contributed by atoms with E-state index in [-0.39, 0.29) is 6.04 Å². The highest BCUT2D eigenvalue weighted by atomic mass is 16.1. The summed E-state index contributed by atoms with van der Waals surface area (Å²) < 4.78 is 0. The average Bonchev–Trinajstić information content (AvgIpc) is 2.90. The maximum Gasteiger partial charge on any atom is 0.165 e. The van der Waals surface area contributed by atoms with Crippen molar-refractivity contribution in [1.29, 1.82) is 0 Å². The molecular formula is C14H17NO. The van der Waals surface area contributed by atoms with Gasteiger partial charge < -0.3 is 5.32 Å². The molecule has 0 heterocycles. The summed E-state index contributed by atoms with van der Waals surface area (Å²) in [6, 6.07) is 8.92. The smallest absolute Gasteiger partial charge is 0.165 e. The number of benzene rings is 1. The summed E-state index contributed by atoms with van der Waals surface area (Å²) in [4.78, 5) is 11.8. The number of carbonyl (C=O) groups excluding carboxylic acids is 1. The van der Waals surface area contributed by atoms with Gasteiger partial charge in [-0.3, -0.25) is 4.79 Å². The van der Waals surface area contributed by atoms with Gasteiger partial charge in [-0.25, -0.2) is 0 Å². The predicted octanol–water partition coefficient (Wildman–Crippen LogP) is 2.85. The van der Waals surface area contributed by atoms with Crippen molar-refractivity contribution in [2.24, 2.45) is 0 Å². The molecule has 1 aromatic rings. The molecule has 3 rings (SSSR count). The van der Waals surface area contributed by atoms with Crippen LogP contribution in [0, 0.1) is 0 Å². The zero-order valence-electron chi connectivity index (χ0n) is 9.41. The van der Waals surface area contributed by atoms with Gasteiger partial charge in [0.05, 0.1) is 0 Å². The fraction of sp³-hybridized carbons (Fsp3) is 0.500. The number of ketones is 1. The van der Waals surface area contributed by atoms with Crippen LogP contribution in [0.25, 0.3) is 0 Å². The Hall–Kier alpha value is -1.15. The average molecular weight is 215 g/mol. The first kappa shape index (κ1) is 10.0. The molecule has 2 nitrogen and oxygen atoms in total. The predicted molar refractivity (Wildman–Crippen MR) is 63.5 cm³/mol. The minimum Gasteiger partial charge on any atom is -0.307 e. The van der Waals surface area contributed by atoms with Gasteiger partial charge in [0.25, 0.3) is 0 Å². The van der Waals surface area contributed by atoms with Gasteiger partial charge in [0.1, 0.15) is 0 Å². The van der Waals surface area contributed by atoms with Crippen LogP contribution in [-0.4, -0.2) is 11.8 Å². The lowest BCUT2D eigenvalue weighted by molar-refractivity contribution is 0.0984. The molecule has 1 unspecified atom stereocenters. The van der Waals surface area contributed by atoms with Crippen LogP contribution in [0.2, 0.25) is 0 Å². The first-order chi connectivity index (χ1) is 7.84. The van der Waals surface area contributed by atoms with E-state index in [9.17, 15) is 4.79 Å². The molecule has 1 fully saturated rings. The van der Waals surface area contributed by atoms with Crippen LogP contribution in [0.3, 0.4) is 0 Å². The second-order valence-corrected chi connectivity index (χ2v) is 4.92. The topological polar surface area (TPSA) is 29.1 Å². The maximum atomic E-state index is 11.8. The number of carbonyl (C=O) groups is 1. The lowest BCUT2D eigenvalue weighted by atomic mass is 10.1. The van der Waals surface area contributed by atoms with Gasteiger partial charge >= 0.3 is 0 Å². The molecule has 16 heavy (non-hydrogen) atoms. The van der Waals surface area contributed by atoms with E-state index in [1.54, 1.807) is 0 Å². The highest BCUT2D eigenvalue weighted by Crippen LogP contribution is 2.32. The van der Waals surface area contributed by atoms with E-state index < -0.39 is 0 Å². The van der Waals surface area contributed by atoms with Crippen molar-refractivity contribution in [3.8, 4) is 0 Å². The third kappa shape index (κ3) is 1.67. The summed E-state index contributed by atoms with van der Waals surface area (Å²) >= 11 is 0. The molecule has 1 atom stereocenters. The Kier molecular flexibility index (Phi) is 2.52. The fourth-order valence-corrected chi connectivity index (χ4v) is 2.99. The summed E-state index contributed by atoms with van der Waals surface area (Å²) in [5.74, 6) is 0.297. The summed E-state index contributed by atoms with van der Waals surface area (Å²) in [7, 11) is 0. The number of nitrogens with one attached hydrogen (secondary N) is 1. The van der Waals surface area contributed by atoms with Gasteiger partial charge in [-0.1, -0.05) is 37.1 Å². The lowest BCUT2D eigenvalue weighted by Crippen LogP contribution is -2.29. The van der Waals surface area contributed by atoms with E-state index in [1.165, 1.54) is 31.2 Å². The molecule has 0 spiro atoms. The third-order valence-corrected chi connectivity index (χ3v) is 3.82. The molecule has 84 valence electrons. The van der Waals surface area contributed by atoms with Crippen LogP contribution in [-0.2, 0) is 0 Å². The van der Waals surface area contributed by atoms with Crippen molar-refractivity contribution < 1.29 is 4.79 Å². The number of hydrogen-bond donors (Lipinski definition) is 1. The highest BCUT2D eigenvalue weighted by molar-refractivity contribution is 6.01. The zero-order chi connectivity index (χ0) is 11.0. The van der Waals surface area contributed by atoms with E-state index in [1.807, 2.05) is 18.2 Å². The van der Waals surface area contributed by atoms with E-state index >= 15 is 0 Å². The van der Waals surface area contributed by atoms with Crippen LogP contribution in [0.1, 0.15) is 54.1 Å². The summed E-state index contributed by atoms with van der Waals surface area (Å²) in [5, 5.41) is 3.64. The molecule has 0 aliphatic heterocycles. The van der Waals surface area contributed by atoms with Crippen LogP contribution in [0.15, 0.2) is 24.3 Å². The van der Waals surface area contributed by atoms with Crippen molar-refractivity contribution in [1.82, 2.24) is 5.32 Å². The molecule has 0 aromatic heterocycles. The highest BCUT2D eigenvalue weighted by Gasteiger charge is 2.30. The minimum absolute atomic E-state index is 0.270. The number of rotatable bonds is 2. The largest absolute Gasteiger partial charge is 0.307 e. The third-order valence-electron chi connectivity index (χ3n) is 3.82. The first-order valence-corrected chi connectivity index (χ1v) is 6.23. The standard InChI is InChI=1S/C14H17NO/c16-14-9-13(15-10-5-1-2-6-10)11-7-3-4-8-12(11)14/h3-4,7-8,10,13,15H,1-2,5-6,9H2. The second-order valence-electron chi connectivity index (χ2n) is 4.92. The van der Waals surface area contributed by atoms with Gasteiger partial charge in [0.15, 0.2) is 5.78 Å². The van der Waals surface area contributed by atoms with Crippen molar-refractivity contribution in [2.75, 3.05) is 0 Å². The molecule has 1 saturated carbocycles. The Labute approximate surface area is 96.1 Å². The van der Waals surface area contributed by atoms with Crippen LogP contribution in [0.4, 0.5) is 0 Å². The Bertz CT molecular complexity index is 407. The van der Waals surface area contributed by atoms with Crippen LogP contribution < -0.4 is 5.32 Å². The Morgan fingerprint density at radius 3 is 2.69 bits per heavy atom. The second kappa shape index (κ2) is 4.02. The molecular weight excluding hydrogens is 198 g/mol. The van der Waals surface area contributed by atoms with Crippen molar-refractivity contribution in [3.63, 3.8) is 0 Å². The Balaban J connectivity index is 1.80. The van der Waals surface area contributed by atoms with Gasteiger partial charge in [-0.2, -0.15) is 0 Å². The number of fused-ring (bicyclic) bond motifs is 1. The zero-order valence-corrected chi connectivity index (χ0v) is 9.41. The molecule has 0 radical (unpaired) electrons. The normalized spacial score (nSPS) is 25.0. The van der Waals surface area contributed by atoms with Crippen LogP contribution >= 0.6 is 0 Å². The van der Waals surface area contributed by atoms with Gasteiger partial charge in [0, 0.05) is 24.1 Å². The van der Waals surface area contributed by atoms with Gasteiger partial charge in [0.2, 0.25) is 0 Å². The van der Waals surface area contributed by atoms with E-state index in [0.29, 0.717) is 18.2 Å². The van der Waals surface area contributed by atoms with Crippen molar-refractivity contribution in [3.05, 3.63) is 35.4 Å². The van der Waals surface area contributed by atoms with E-state index in [4.69, 9.17) is 0 Å². The van der Waals surface area contributed by atoms with Crippen LogP contribution in [0.5, 0.6) is 0 Å². The molecule has 2 heteroatoms. The molecule has 1 aromatic carbocycles. The molecule has 1 N–H and O–H groups in total. The van der Waals surface area contributed by atoms with Crippen molar-refractivity contribution in [2.45, 2.75) is 44.2 Å². The van der Waals surface area contributed by atoms with E-state index in [0.717, 1.165) is 5.56 Å². The first-order valence-electron chi connectivity index (χ1n) is 6.23. The molecule has 2 aliphatic carbocycles. The summed E-state index contributed by atoms with van der Waals surface area (Å²) in [5.41, 5.74) is 2.14. The quantitative estimate of drug-likeness (QED) is 0.822. The minimum atomic E-state index is 0.270. The van der Waals surface area contributed by atoms with Gasteiger partial charge in [-0.05, 0) is 18.4 Å². The number of Topliss-reactive ketones (excluding diaryl/α,β-unsaturated/α-hetero) is 1. The fourth-order valence-electron chi connectivity index (χ4n) is 2.99. The molecule has 2 aliphatic rings. The monoisotopic (exact) mass is 215 g/mol. The SMILES string of the molecule is O=C1CC(NC2CCCC2)c2ccccc21. The lowest BCUT2D eigenvalue weighted by Gasteiger charge is -2.18. The number of hydrogen-bond acceptors (Lipinski definition) is 2. The van der Waals surface area contributed by atoms with Crippen molar-refractivity contribution >= 4 is 5.78 Å². The maximum absolute atomic E-state index is 11.8. The molecule has 0 amide bonds. The summed E-state index contributed by atoms with van der Waals surface area (Å²) in [6.45, 7) is 0. The van der Waals surface area contributed by atoms with Gasteiger partial charge in [-0.15, -0.1) is 0 Å². The Morgan fingerprint density at radius 2 is 1.88 bits per heavy atom. The van der Waals surface area contributed by atoms with E-state index in [2.05, 4.69) is 11.4 Å².